The molecule has 0 aliphatic rings. The lowest BCUT2D eigenvalue weighted by atomic mass is 10.1. The third-order valence-electron chi connectivity index (χ3n) is 3.18. The van der Waals surface area contributed by atoms with Crippen LogP contribution >= 0.6 is 23.1 Å². The smallest absolute Gasteiger partial charge is 0.237 e. The van der Waals surface area contributed by atoms with Crippen LogP contribution in [0.15, 0.2) is 33.5 Å². The summed E-state index contributed by atoms with van der Waals surface area (Å²) in [6, 6.07) is 4.22. The Balaban J connectivity index is 1.54. The van der Waals surface area contributed by atoms with Gasteiger partial charge >= 0.3 is 0 Å². The zero-order chi connectivity index (χ0) is 16.1. The van der Waals surface area contributed by atoms with Crippen LogP contribution in [-0.2, 0) is 25.1 Å². The Kier molecular flexibility index (Phi) is 5.45. The van der Waals surface area contributed by atoms with Gasteiger partial charge in [0.1, 0.15) is 6.33 Å². The van der Waals surface area contributed by atoms with E-state index in [4.69, 9.17) is 4.52 Å². The fourth-order valence-corrected chi connectivity index (χ4v) is 3.60. The van der Waals surface area contributed by atoms with Crippen molar-refractivity contribution in [1.82, 2.24) is 24.9 Å². The van der Waals surface area contributed by atoms with Crippen LogP contribution < -0.4 is 0 Å². The first kappa shape index (κ1) is 16.2. The lowest BCUT2D eigenvalue weighted by Gasteiger charge is -2.03. The molecule has 0 saturated carbocycles. The molecule has 0 aliphatic carbocycles. The van der Waals surface area contributed by atoms with E-state index >= 15 is 0 Å². The third kappa shape index (κ3) is 4.65. The molecule has 0 aromatic carbocycles. The molecule has 0 fully saturated rings. The van der Waals surface area contributed by atoms with E-state index in [-0.39, 0.29) is 0 Å². The van der Waals surface area contributed by atoms with Crippen molar-refractivity contribution in [3.8, 4) is 0 Å². The molecule has 8 heteroatoms. The third-order valence-corrected chi connectivity index (χ3v) is 5.09. The maximum Gasteiger partial charge on any atom is 0.237 e. The van der Waals surface area contributed by atoms with Crippen molar-refractivity contribution < 1.29 is 4.52 Å². The van der Waals surface area contributed by atoms with Gasteiger partial charge in [0.15, 0.2) is 11.0 Å². The highest BCUT2D eigenvalue weighted by Crippen LogP contribution is 2.21. The van der Waals surface area contributed by atoms with Crippen molar-refractivity contribution in [2.24, 2.45) is 5.92 Å². The number of thiophene rings is 1. The van der Waals surface area contributed by atoms with Gasteiger partial charge in [-0.25, -0.2) is 0 Å². The van der Waals surface area contributed by atoms with Gasteiger partial charge in [0, 0.05) is 17.8 Å². The van der Waals surface area contributed by atoms with Gasteiger partial charge in [0.2, 0.25) is 5.89 Å². The average molecular weight is 349 g/mol. The Morgan fingerprint density at radius 1 is 1.39 bits per heavy atom. The number of thioether (sulfide) groups is 1. The van der Waals surface area contributed by atoms with E-state index in [0.29, 0.717) is 17.6 Å². The minimum Gasteiger partial charge on any atom is -0.338 e. The molecule has 0 unspecified atom stereocenters. The standard InChI is InChI=1S/C15H19N5OS2/c1-11(2)8-13-17-14(21-19-13)9-23-15-18-16-10-20(15)6-5-12-4-3-7-22-12/h3-4,7,10-11H,5-6,8-9H2,1-2H3. The quantitative estimate of drug-likeness (QED) is 0.580. The first-order chi connectivity index (χ1) is 11.2. The Bertz CT molecular complexity index is 720. The Labute approximate surface area is 143 Å². The predicted octanol–water partition coefficient (Wildman–Crippen LogP) is 3.46. The fourth-order valence-electron chi connectivity index (χ4n) is 2.12. The summed E-state index contributed by atoms with van der Waals surface area (Å²) in [4.78, 5) is 5.78. The Hall–Kier alpha value is -1.67. The van der Waals surface area contributed by atoms with Gasteiger partial charge in [-0.05, 0) is 23.8 Å². The second-order valence-corrected chi connectivity index (χ2v) is 7.60. The highest BCUT2D eigenvalue weighted by atomic mass is 32.2. The van der Waals surface area contributed by atoms with Gasteiger partial charge in [-0.15, -0.1) is 21.5 Å². The maximum atomic E-state index is 5.28. The van der Waals surface area contributed by atoms with Crippen molar-refractivity contribution >= 4 is 23.1 Å². The lowest BCUT2D eigenvalue weighted by Crippen LogP contribution is -2.01. The summed E-state index contributed by atoms with van der Waals surface area (Å²) in [5.74, 6) is 2.55. The number of aryl methyl sites for hydroxylation is 2. The van der Waals surface area contributed by atoms with Gasteiger partial charge in [0.25, 0.3) is 0 Å². The van der Waals surface area contributed by atoms with E-state index in [2.05, 4.69) is 56.3 Å². The van der Waals surface area contributed by atoms with Crippen LogP contribution in [0.2, 0.25) is 0 Å². The van der Waals surface area contributed by atoms with Crippen molar-refractivity contribution in [3.05, 3.63) is 40.4 Å². The van der Waals surface area contributed by atoms with Crippen molar-refractivity contribution in [1.29, 1.82) is 0 Å². The molecule has 0 saturated heterocycles. The normalized spacial score (nSPS) is 11.4. The predicted molar refractivity (Wildman–Crippen MR) is 90.4 cm³/mol. The van der Waals surface area contributed by atoms with Crippen LogP contribution in [0.3, 0.4) is 0 Å². The second-order valence-electron chi connectivity index (χ2n) is 5.63. The van der Waals surface area contributed by atoms with E-state index in [1.807, 2.05) is 0 Å². The van der Waals surface area contributed by atoms with E-state index in [9.17, 15) is 0 Å². The molecular formula is C15H19N5OS2. The minimum atomic E-state index is 0.522. The summed E-state index contributed by atoms with van der Waals surface area (Å²) in [5.41, 5.74) is 0. The molecule has 122 valence electrons. The first-order valence-electron chi connectivity index (χ1n) is 7.55. The highest BCUT2D eigenvalue weighted by molar-refractivity contribution is 7.98. The number of nitrogens with zero attached hydrogens (tertiary/aromatic N) is 5. The van der Waals surface area contributed by atoms with Crippen LogP contribution in [-0.4, -0.2) is 24.9 Å². The molecule has 0 aliphatic heterocycles. The highest BCUT2D eigenvalue weighted by Gasteiger charge is 2.11. The monoisotopic (exact) mass is 349 g/mol. The number of hydrogen-bond acceptors (Lipinski definition) is 7. The largest absolute Gasteiger partial charge is 0.338 e. The van der Waals surface area contributed by atoms with Crippen LogP contribution in [0.25, 0.3) is 0 Å². The van der Waals surface area contributed by atoms with Crippen molar-refractivity contribution in [2.45, 2.75) is 44.1 Å². The zero-order valence-corrected chi connectivity index (χ0v) is 14.8. The summed E-state index contributed by atoms with van der Waals surface area (Å²) in [7, 11) is 0. The SMILES string of the molecule is CC(C)Cc1noc(CSc2nncn2CCc2cccs2)n1. The van der Waals surface area contributed by atoms with Crippen molar-refractivity contribution in [2.75, 3.05) is 0 Å². The van der Waals surface area contributed by atoms with Crippen LogP contribution in [0, 0.1) is 5.92 Å². The molecule has 3 heterocycles. The van der Waals surface area contributed by atoms with Crippen LogP contribution in [0.5, 0.6) is 0 Å². The van der Waals surface area contributed by atoms with E-state index in [1.165, 1.54) is 4.88 Å². The van der Waals surface area contributed by atoms with Gasteiger partial charge in [-0.2, -0.15) is 4.98 Å². The Morgan fingerprint density at radius 2 is 2.30 bits per heavy atom. The number of hydrogen-bond donors (Lipinski definition) is 0. The maximum absolute atomic E-state index is 5.28. The molecule has 3 rings (SSSR count). The second kappa shape index (κ2) is 7.74. The molecule has 0 bridgehead atoms. The first-order valence-corrected chi connectivity index (χ1v) is 9.41. The molecule has 23 heavy (non-hydrogen) atoms. The molecule has 3 aromatic rings. The topological polar surface area (TPSA) is 69.6 Å². The molecule has 3 aromatic heterocycles. The van der Waals surface area contributed by atoms with Gasteiger partial charge in [-0.1, -0.05) is 36.8 Å². The molecule has 0 amide bonds. The fraction of sp³-hybridized carbons (Fsp3) is 0.467. The van der Waals surface area contributed by atoms with E-state index in [1.54, 1.807) is 29.4 Å². The number of rotatable bonds is 8. The minimum absolute atomic E-state index is 0.522. The molecule has 0 radical (unpaired) electrons. The van der Waals surface area contributed by atoms with Crippen molar-refractivity contribution in [3.63, 3.8) is 0 Å². The molecule has 0 N–H and O–H groups in total. The average Bonchev–Trinajstić information content (AvgIpc) is 3.24. The molecule has 0 spiro atoms. The molecule has 6 nitrogen and oxygen atoms in total. The van der Waals surface area contributed by atoms with E-state index < -0.39 is 0 Å². The summed E-state index contributed by atoms with van der Waals surface area (Å²) >= 11 is 3.35. The van der Waals surface area contributed by atoms with Gasteiger partial charge < -0.3 is 9.09 Å². The summed E-state index contributed by atoms with van der Waals surface area (Å²) < 4.78 is 7.35. The van der Waals surface area contributed by atoms with E-state index in [0.717, 1.165) is 30.4 Å². The zero-order valence-electron chi connectivity index (χ0n) is 13.2. The summed E-state index contributed by atoms with van der Waals surface area (Å²) in [6.07, 6.45) is 3.60. The Morgan fingerprint density at radius 3 is 3.09 bits per heavy atom. The van der Waals surface area contributed by atoms with Gasteiger partial charge in [0.05, 0.1) is 5.75 Å². The van der Waals surface area contributed by atoms with Crippen LogP contribution in [0.1, 0.15) is 30.4 Å². The summed E-state index contributed by atoms with van der Waals surface area (Å²) in [5, 5.41) is 15.2. The molecular weight excluding hydrogens is 330 g/mol. The number of aromatic nitrogens is 5. The molecule has 0 atom stereocenters. The lowest BCUT2D eigenvalue weighted by molar-refractivity contribution is 0.382. The van der Waals surface area contributed by atoms with Crippen LogP contribution in [0.4, 0.5) is 0 Å². The van der Waals surface area contributed by atoms with Gasteiger partial charge in [-0.3, -0.25) is 0 Å². The summed E-state index contributed by atoms with van der Waals surface area (Å²) in [6.45, 7) is 5.15.